The number of likely N-dealkylation sites (tertiary alicyclic amines) is 1. The Bertz CT molecular complexity index is 1080. The Morgan fingerprint density at radius 2 is 2.15 bits per heavy atom. The molecule has 7 heteroatoms. The van der Waals surface area contributed by atoms with Crippen LogP contribution < -0.4 is 0 Å². The van der Waals surface area contributed by atoms with Crippen LogP contribution in [0.5, 0.6) is 0 Å². The molecule has 5 atom stereocenters. The van der Waals surface area contributed by atoms with Crippen LogP contribution in [-0.2, 0) is 4.74 Å². The van der Waals surface area contributed by atoms with Gasteiger partial charge in [0.2, 0.25) is 0 Å². The number of nitrogens with zero attached hydrogens (tertiary/aromatic N) is 3. The molecule has 5 unspecified atom stereocenters. The maximum Gasteiger partial charge on any atom is 0.410 e. The Morgan fingerprint density at radius 3 is 2.88 bits per heavy atom. The van der Waals surface area contributed by atoms with Crippen molar-refractivity contribution in [2.24, 2.45) is 11.3 Å². The molecular formula is C27H36FN3O3. The molecule has 1 N–H and O–H groups in total. The Morgan fingerprint density at radius 1 is 1.35 bits per heavy atom. The van der Waals surface area contributed by atoms with Gasteiger partial charge in [-0.15, -0.1) is 0 Å². The van der Waals surface area contributed by atoms with Gasteiger partial charge in [0.05, 0.1) is 30.4 Å². The summed E-state index contributed by atoms with van der Waals surface area (Å²) < 4.78 is 22.6. The monoisotopic (exact) mass is 469 g/mol. The highest BCUT2D eigenvalue weighted by Gasteiger charge is 2.50. The molecule has 0 spiro atoms. The first-order chi connectivity index (χ1) is 16.1. The fourth-order valence-corrected chi connectivity index (χ4v) is 6.69. The van der Waals surface area contributed by atoms with E-state index < -0.39 is 11.7 Å². The van der Waals surface area contributed by atoms with Crippen molar-refractivity contribution < 1.29 is 19.0 Å². The van der Waals surface area contributed by atoms with Gasteiger partial charge < -0.3 is 19.3 Å². The third kappa shape index (κ3) is 3.92. The van der Waals surface area contributed by atoms with E-state index in [-0.39, 0.29) is 29.4 Å². The predicted molar refractivity (Wildman–Crippen MR) is 128 cm³/mol. The Labute approximate surface area is 201 Å². The number of benzene rings is 1. The normalized spacial score (nSPS) is 28.9. The van der Waals surface area contributed by atoms with Gasteiger partial charge in [-0.25, -0.2) is 14.2 Å². The molecule has 1 amide bonds. The van der Waals surface area contributed by atoms with E-state index in [1.807, 2.05) is 36.3 Å². The highest BCUT2D eigenvalue weighted by atomic mass is 19.1. The molecule has 3 heterocycles. The number of aromatic nitrogens is 2. The summed E-state index contributed by atoms with van der Waals surface area (Å²) in [6, 6.07) is 4.93. The van der Waals surface area contributed by atoms with Crippen LogP contribution in [0.1, 0.15) is 77.8 Å². The number of rotatable bonds is 4. The Kier molecular flexibility index (Phi) is 5.74. The summed E-state index contributed by atoms with van der Waals surface area (Å²) in [4.78, 5) is 19.1. The standard InChI is InChI=1S/C27H36FN3O3/c1-5-27(13-17-9-10-30(18(11-17)14-27)25(33)34-26(2,3)4)23(32)12-21-24-19(7-6-8-20(24)28)22-15-29-16-31(21)22/h6-8,15-18,21,23,32H,5,9-14H2,1-4H3. The van der Waals surface area contributed by atoms with Crippen molar-refractivity contribution in [3.63, 3.8) is 0 Å². The summed E-state index contributed by atoms with van der Waals surface area (Å²) in [5.74, 6) is 0.240. The van der Waals surface area contributed by atoms with Gasteiger partial charge in [0.25, 0.3) is 0 Å². The summed E-state index contributed by atoms with van der Waals surface area (Å²) in [6.07, 6.45) is 7.45. The van der Waals surface area contributed by atoms with Crippen LogP contribution in [0.15, 0.2) is 30.7 Å². The molecule has 3 aliphatic rings. The number of amides is 1. The molecule has 2 aliphatic heterocycles. The second kappa shape index (κ2) is 8.36. The number of imidazole rings is 1. The van der Waals surface area contributed by atoms with Crippen LogP contribution in [0.2, 0.25) is 0 Å². The van der Waals surface area contributed by atoms with Crippen molar-refractivity contribution in [1.82, 2.24) is 14.5 Å². The van der Waals surface area contributed by atoms with E-state index >= 15 is 0 Å². The minimum absolute atomic E-state index is 0.0633. The van der Waals surface area contributed by atoms with Crippen LogP contribution in [0.4, 0.5) is 9.18 Å². The summed E-state index contributed by atoms with van der Waals surface area (Å²) in [5, 5.41) is 11.7. The van der Waals surface area contributed by atoms with Crippen molar-refractivity contribution in [3.8, 4) is 11.3 Å². The number of hydrogen-bond donors (Lipinski definition) is 1. The second-order valence-electron chi connectivity index (χ2n) is 11.5. The molecule has 34 heavy (non-hydrogen) atoms. The molecule has 1 aromatic carbocycles. The first-order valence-corrected chi connectivity index (χ1v) is 12.6. The summed E-state index contributed by atoms with van der Waals surface area (Å²) in [5.41, 5.74) is 1.55. The zero-order valence-corrected chi connectivity index (χ0v) is 20.6. The van der Waals surface area contributed by atoms with E-state index in [1.165, 1.54) is 6.07 Å². The van der Waals surface area contributed by atoms with Crippen molar-refractivity contribution in [1.29, 1.82) is 0 Å². The number of fused-ring (bicyclic) bond motifs is 5. The molecule has 1 aromatic heterocycles. The summed E-state index contributed by atoms with van der Waals surface area (Å²) >= 11 is 0. The van der Waals surface area contributed by atoms with Gasteiger partial charge in [0.15, 0.2) is 0 Å². The van der Waals surface area contributed by atoms with E-state index in [9.17, 15) is 14.3 Å². The van der Waals surface area contributed by atoms with E-state index in [2.05, 4.69) is 11.9 Å². The first kappa shape index (κ1) is 23.3. The van der Waals surface area contributed by atoms with Gasteiger partial charge in [-0.05, 0) is 76.7 Å². The second-order valence-corrected chi connectivity index (χ2v) is 11.5. The molecule has 1 aliphatic carbocycles. The average molecular weight is 470 g/mol. The lowest BCUT2D eigenvalue weighted by atomic mass is 9.60. The molecule has 2 aromatic rings. The number of carbonyl (C=O) groups excluding carboxylic acids is 1. The smallest absolute Gasteiger partial charge is 0.410 e. The van der Waals surface area contributed by atoms with Crippen LogP contribution >= 0.6 is 0 Å². The molecule has 2 bridgehead atoms. The van der Waals surface area contributed by atoms with Crippen molar-refractivity contribution in [2.75, 3.05) is 6.54 Å². The lowest BCUT2D eigenvalue weighted by Gasteiger charge is -2.53. The number of ether oxygens (including phenoxy) is 1. The fourth-order valence-electron chi connectivity index (χ4n) is 6.69. The lowest BCUT2D eigenvalue weighted by molar-refractivity contribution is -0.0801. The quantitative estimate of drug-likeness (QED) is 0.638. The van der Waals surface area contributed by atoms with E-state index in [0.29, 0.717) is 24.4 Å². The predicted octanol–water partition coefficient (Wildman–Crippen LogP) is 5.55. The molecule has 0 radical (unpaired) electrons. The van der Waals surface area contributed by atoms with Gasteiger partial charge in [-0.3, -0.25) is 0 Å². The topological polar surface area (TPSA) is 67.6 Å². The molecule has 5 rings (SSSR count). The van der Waals surface area contributed by atoms with E-state index in [4.69, 9.17) is 4.74 Å². The number of aliphatic hydroxyl groups is 1. The average Bonchev–Trinajstić information content (AvgIpc) is 3.35. The van der Waals surface area contributed by atoms with Crippen molar-refractivity contribution in [3.05, 3.63) is 42.1 Å². The number of halogens is 1. The third-order valence-electron chi connectivity index (χ3n) is 8.31. The molecule has 1 saturated heterocycles. The molecular weight excluding hydrogens is 433 g/mol. The highest BCUT2D eigenvalue weighted by Crippen LogP contribution is 2.52. The zero-order valence-electron chi connectivity index (χ0n) is 20.6. The molecule has 184 valence electrons. The zero-order chi connectivity index (χ0) is 24.3. The minimum atomic E-state index is -0.618. The number of carbonyl (C=O) groups is 1. The van der Waals surface area contributed by atoms with Gasteiger partial charge in [-0.2, -0.15) is 0 Å². The SMILES string of the molecule is CCC1(C(O)CC2c3c(F)cccc3-c3cncn32)CC2CCN(C(=O)OC(C)(C)C)C(C2)C1. The summed E-state index contributed by atoms with van der Waals surface area (Å²) in [7, 11) is 0. The largest absolute Gasteiger partial charge is 0.444 e. The Balaban J connectivity index is 1.40. The van der Waals surface area contributed by atoms with E-state index in [1.54, 1.807) is 18.6 Å². The highest BCUT2D eigenvalue weighted by molar-refractivity contribution is 5.69. The van der Waals surface area contributed by atoms with Gasteiger partial charge in [0.1, 0.15) is 11.4 Å². The first-order valence-electron chi connectivity index (χ1n) is 12.6. The lowest BCUT2D eigenvalue weighted by Crippen LogP contribution is -2.56. The number of piperidine rings is 1. The molecule has 1 saturated carbocycles. The van der Waals surface area contributed by atoms with Crippen molar-refractivity contribution in [2.45, 2.75) is 90.0 Å². The minimum Gasteiger partial charge on any atom is -0.444 e. The van der Waals surface area contributed by atoms with Crippen LogP contribution in [0, 0.1) is 17.2 Å². The van der Waals surface area contributed by atoms with Gasteiger partial charge >= 0.3 is 6.09 Å². The van der Waals surface area contributed by atoms with Crippen molar-refractivity contribution >= 4 is 6.09 Å². The third-order valence-corrected chi connectivity index (χ3v) is 8.31. The number of hydrogen-bond acceptors (Lipinski definition) is 4. The maximum absolute atomic E-state index is 14.9. The fraction of sp³-hybridized carbons (Fsp3) is 0.630. The van der Waals surface area contributed by atoms with Crippen LogP contribution in [0.3, 0.4) is 0 Å². The summed E-state index contributed by atoms with van der Waals surface area (Å²) in [6.45, 7) is 8.51. The van der Waals surface area contributed by atoms with Crippen LogP contribution in [-0.4, -0.2) is 49.9 Å². The van der Waals surface area contributed by atoms with E-state index in [0.717, 1.165) is 43.4 Å². The van der Waals surface area contributed by atoms with Crippen LogP contribution in [0.25, 0.3) is 11.3 Å². The molecule has 2 fully saturated rings. The number of aliphatic hydroxyl groups excluding tert-OH is 1. The van der Waals surface area contributed by atoms with Gasteiger partial charge in [0, 0.05) is 23.7 Å². The molecule has 6 nitrogen and oxygen atoms in total. The Hall–Kier alpha value is -2.41. The maximum atomic E-state index is 14.9. The van der Waals surface area contributed by atoms with Gasteiger partial charge in [-0.1, -0.05) is 19.1 Å².